The highest BCUT2D eigenvalue weighted by molar-refractivity contribution is 8.00. The fourth-order valence-corrected chi connectivity index (χ4v) is 5.70. The molecule has 4 nitrogen and oxygen atoms in total. The summed E-state index contributed by atoms with van der Waals surface area (Å²) in [6.45, 7) is 7.26. The van der Waals surface area contributed by atoms with Crippen LogP contribution in [-0.2, 0) is 16.4 Å². The molecular formula is C14H22N2O2S2. The van der Waals surface area contributed by atoms with Crippen molar-refractivity contribution in [2.45, 2.75) is 42.6 Å². The van der Waals surface area contributed by atoms with Crippen molar-refractivity contribution in [2.24, 2.45) is 0 Å². The highest BCUT2D eigenvalue weighted by atomic mass is 32.2. The molecule has 0 bridgehead atoms. The Morgan fingerprint density at radius 1 is 1.30 bits per heavy atom. The van der Waals surface area contributed by atoms with Gasteiger partial charge in [0.05, 0.1) is 4.90 Å². The van der Waals surface area contributed by atoms with Gasteiger partial charge in [-0.2, -0.15) is 16.1 Å². The molecule has 0 saturated carbocycles. The summed E-state index contributed by atoms with van der Waals surface area (Å²) in [4.78, 5) is 0.304. The Hall–Kier alpha value is -0.720. The average molecular weight is 314 g/mol. The molecule has 112 valence electrons. The molecule has 1 aliphatic heterocycles. The summed E-state index contributed by atoms with van der Waals surface area (Å²) in [5, 5.41) is 0.640. The molecule has 2 atom stereocenters. The molecule has 1 aromatic rings. The number of benzene rings is 1. The maximum absolute atomic E-state index is 12.7. The molecule has 1 fully saturated rings. The van der Waals surface area contributed by atoms with E-state index in [0.717, 1.165) is 12.0 Å². The first kappa shape index (κ1) is 15.7. The summed E-state index contributed by atoms with van der Waals surface area (Å²) in [5.41, 5.74) is 7.47. The van der Waals surface area contributed by atoms with Gasteiger partial charge in [-0.25, -0.2) is 8.42 Å². The van der Waals surface area contributed by atoms with Crippen molar-refractivity contribution in [3.63, 3.8) is 0 Å². The molecule has 6 heteroatoms. The zero-order chi connectivity index (χ0) is 14.9. The van der Waals surface area contributed by atoms with Gasteiger partial charge in [0.25, 0.3) is 0 Å². The lowest BCUT2D eigenvalue weighted by Crippen LogP contribution is -2.43. The number of rotatable bonds is 3. The number of hydrogen-bond acceptors (Lipinski definition) is 4. The van der Waals surface area contributed by atoms with Crippen LogP contribution in [0.2, 0.25) is 0 Å². The van der Waals surface area contributed by atoms with Crippen molar-refractivity contribution < 1.29 is 8.42 Å². The molecule has 1 saturated heterocycles. The van der Waals surface area contributed by atoms with Crippen LogP contribution in [0.4, 0.5) is 5.69 Å². The van der Waals surface area contributed by atoms with Gasteiger partial charge in [-0.05, 0) is 24.1 Å². The number of nitrogens with two attached hydrogens (primary N) is 1. The van der Waals surface area contributed by atoms with Crippen LogP contribution in [0, 0.1) is 0 Å². The molecule has 0 amide bonds. The molecule has 2 rings (SSSR count). The smallest absolute Gasteiger partial charge is 0.243 e. The number of thioether (sulfide) groups is 1. The van der Waals surface area contributed by atoms with Crippen molar-refractivity contribution in [3.05, 3.63) is 23.8 Å². The monoisotopic (exact) mass is 314 g/mol. The summed E-state index contributed by atoms with van der Waals surface area (Å²) >= 11 is 1.83. The number of aryl methyl sites for hydroxylation is 1. The minimum absolute atomic E-state index is 0.304. The third-order valence-electron chi connectivity index (χ3n) is 3.52. The number of anilines is 1. The second-order valence-electron chi connectivity index (χ2n) is 5.29. The second kappa shape index (κ2) is 5.95. The Labute approximate surface area is 125 Å². The lowest BCUT2D eigenvalue weighted by atomic mass is 10.1. The van der Waals surface area contributed by atoms with Crippen LogP contribution in [0.5, 0.6) is 0 Å². The second-order valence-corrected chi connectivity index (χ2v) is 9.11. The van der Waals surface area contributed by atoms with E-state index in [9.17, 15) is 8.42 Å². The molecule has 1 aromatic carbocycles. The van der Waals surface area contributed by atoms with Gasteiger partial charge < -0.3 is 5.73 Å². The maximum Gasteiger partial charge on any atom is 0.243 e. The molecule has 0 aliphatic carbocycles. The molecule has 0 spiro atoms. The average Bonchev–Trinajstić information content (AvgIpc) is 2.37. The molecule has 1 aliphatic rings. The molecule has 0 radical (unpaired) electrons. The zero-order valence-corrected chi connectivity index (χ0v) is 13.8. The Morgan fingerprint density at radius 2 is 1.90 bits per heavy atom. The fourth-order valence-electron chi connectivity index (χ4n) is 2.53. The number of nitrogen functional groups attached to an aromatic ring is 1. The number of sulfonamides is 1. The first-order valence-electron chi connectivity index (χ1n) is 6.88. The summed E-state index contributed by atoms with van der Waals surface area (Å²) < 4.78 is 27.0. The topological polar surface area (TPSA) is 63.4 Å². The van der Waals surface area contributed by atoms with Gasteiger partial charge in [0.2, 0.25) is 10.0 Å². The van der Waals surface area contributed by atoms with Gasteiger partial charge in [-0.3, -0.25) is 0 Å². The van der Waals surface area contributed by atoms with Crippen LogP contribution < -0.4 is 5.73 Å². The van der Waals surface area contributed by atoms with Crippen molar-refractivity contribution in [3.8, 4) is 0 Å². The van der Waals surface area contributed by atoms with Gasteiger partial charge >= 0.3 is 0 Å². The highest BCUT2D eigenvalue weighted by Crippen LogP contribution is 2.29. The summed E-state index contributed by atoms with van der Waals surface area (Å²) in [6, 6.07) is 5.07. The number of hydrogen-bond donors (Lipinski definition) is 1. The van der Waals surface area contributed by atoms with E-state index in [0.29, 0.717) is 34.2 Å². The van der Waals surface area contributed by atoms with Crippen LogP contribution in [0.25, 0.3) is 0 Å². The van der Waals surface area contributed by atoms with E-state index < -0.39 is 10.0 Å². The number of nitrogens with zero attached hydrogens (tertiary/aromatic N) is 1. The first-order chi connectivity index (χ1) is 9.34. The van der Waals surface area contributed by atoms with E-state index in [4.69, 9.17) is 5.73 Å². The normalized spacial score (nSPS) is 24.8. The Morgan fingerprint density at radius 3 is 2.40 bits per heavy atom. The maximum atomic E-state index is 12.7. The summed E-state index contributed by atoms with van der Waals surface area (Å²) in [6.07, 6.45) is 0.806. The fraction of sp³-hybridized carbons (Fsp3) is 0.571. The predicted molar refractivity (Wildman–Crippen MR) is 85.5 cm³/mol. The lowest BCUT2D eigenvalue weighted by molar-refractivity contribution is 0.405. The molecular weight excluding hydrogens is 292 g/mol. The van der Waals surface area contributed by atoms with Crippen molar-refractivity contribution in [2.75, 3.05) is 18.8 Å². The largest absolute Gasteiger partial charge is 0.398 e. The van der Waals surface area contributed by atoms with Gasteiger partial charge in [0.1, 0.15) is 0 Å². The van der Waals surface area contributed by atoms with Crippen molar-refractivity contribution in [1.29, 1.82) is 0 Å². The van der Waals surface area contributed by atoms with E-state index in [1.54, 1.807) is 16.4 Å². The summed E-state index contributed by atoms with van der Waals surface area (Å²) in [5.74, 6) is 0. The zero-order valence-electron chi connectivity index (χ0n) is 12.2. The Balaban J connectivity index is 2.32. The standard InChI is InChI=1S/C14H22N2O2S2/c1-4-12-5-6-13(7-14(12)15)20(17,18)16-8-10(2)19-11(3)9-16/h5-7,10-11H,4,8-9,15H2,1-3H3. The van der Waals surface area contributed by atoms with Gasteiger partial charge in [-0.15, -0.1) is 0 Å². The molecule has 0 aromatic heterocycles. The van der Waals surface area contributed by atoms with Gasteiger partial charge in [-0.1, -0.05) is 26.8 Å². The summed E-state index contributed by atoms with van der Waals surface area (Å²) in [7, 11) is -3.44. The minimum Gasteiger partial charge on any atom is -0.398 e. The molecule has 2 N–H and O–H groups in total. The quantitative estimate of drug-likeness (QED) is 0.870. The van der Waals surface area contributed by atoms with Gasteiger partial charge in [0, 0.05) is 29.3 Å². The highest BCUT2D eigenvalue weighted by Gasteiger charge is 2.32. The third kappa shape index (κ3) is 3.13. The van der Waals surface area contributed by atoms with Crippen LogP contribution in [-0.4, -0.2) is 36.3 Å². The van der Waals surface area contributed by atoms with E-state index in [1.165, 1.54) is 0 Å². The van der Waals surface area contributed by atoms with Crippen molar-refractivity contribution >= 4 is 27.5 Å². The van der Waals surface area contributed by atoms with E-state index in [2.05, 4.69) is 13.8 Å². The van der Waals surface area contributed by atoms with Crippen LogP contribution in [0.3, 0.4) is 0 Å². The SMILES string of the molecule is CCc1ccc(S(=O)(=O)N2CC(C)SC(C)C2)cc1N. The Kier molecular flexibility index (Phi) is 4.66. The van der Waals surface area contributed by atoms with E-state index >= 15 is 0 Å². The minimum atomic E-state index is -3.44. The van der Waals surface area contributed by atoms with Gasteiger partial charge in [0.15, 0.2) is 0 Å². The van der Waals surface area contributed by atoms with Crippen LogP contribution >= 0.6 is 11.8 Å². The lowest BCUT2D eigenvalue weighted by Gasteiger charge is -2.33. The molecule has 20 heavy (non-hydrogen) atoms. The van der Waals surface area contributed by atoms with Crippen LogP contribution in [0.1, 0.15) is 26.3 Å². The van der Waals surface area contributed by atoms with Crippen molar-refractivity contribution in [1.82, 2.24) is 4.31 Å². The Bertz CT molecular complexity index is 577. The molecule has 1 heterocycles. The van der Waals surface area contributed by atoms with Crippen LogP contribution in [0.15, 0.2) is 23.1 Å². The molecule has 2 unspecified atom stereocenters. The predicted octanol–water partition coefficient (Wildman–Crippen LogP) is 2.35. The van der Waals surface area contributed by atoms with E-state index in [-0.39, 0.29) is 0 Å². The first-order valence-corrected chi connectivity index (χ1v) is 9.27. The third-order valence-corrected chi connectivity index (χ3v) is 6.58. The van der Waals surface area contributed by atoms with E-state index in [1.807, 2.05) is 24.8 Å².